The molecule has 1 N–H and O–H groups in total. The Morgan fingerprint density at radius 1 is 0.714 bits per heavy atom. The highest BCUT2D eigenvalue weighted by molar-refractivity contribution is 5.70. The maximum atomic E-state index is 10.6. The van der Waals surface area contributed by atoms with Crippen LogP contribution in [0.2, 0.25) is 0 Å². The lowest BCUT2D eigenvalue weighted by Gasteiger charge is -2.12. The maximum Gasteiger partial charge on any atom is 0.341 e. The summed E-state index contributed by atoms with van der Waals surface area (Å²) in [5.41, 5.74) is 3.76. The van der Waals surface area contributed by atoms with Gasteiger partial charge in [0.1, 0.15) is 30.5 Å². The molecule has 0 bridgehead atoms. The third kappa shape index (κ3) is 7.75. The number of ether oxygens (including phenoxy) is 3. The van der Waals surface area contributed by atoms with Gasteiger partial charge in [-0.3, -0.25) is 4.98 Å². The summed E-state index contributed by atoms with van der Waals surface area (Å²) in [6.07, 6.45) is 5.28. The quantitative estimate of drug-likeness (QED) is 0.297. The van der Waals surface area contributed by atoms with Crippen LogP contribution in [0.4, 0.5) is 0 Å². The number of pyridine rings is 1. The second-order valence-corrected chi connectivity index (χ2v) is 7.72. The van der Waals surface area contributed by atoms with Crippen LogP contribution in [0.5, 0.6) is 17.2 Å². The molecule has 0 aliphatic heterocycles. The molecule has 6 nitrogen and oxygen atoms in total. The zero-order valence-corrected chi connectivity index (χ0v) is 19.0. The van der Waals surface area contributed by atoms with Crippen LogP contribution in [0.3, 0.4) is 0 Å². The molecule has 176 valence electrons. The molecular weight excluding hydrogens is 442 g/mol. The number of rotatable bonds is 11. The minimum Gasteiger partial charge on any atom is -0.489 e. The Bertz CT molecular complexity index is 1190. The molecule has 0 atom stereocenters. The number of hydrogen-bond donors (Lipinski definition) is 1. The van der Waals surface area contributed by atoms with Gasteiger partial charge in [-0.25, -0.2) is 4.79 Å². The topological polar surface area (TPSA) is 77.9 Å². The maximum absolute atomic E-state index is 10.6. The zero-order chi connectivity index (χ0) is 24.3. The van der Waals surface area contributed by atoms with Crippen molar-refractivity contribution in [3.63, 3.8) is 0 Å². The number of nitrogens with zero attached hydrogens (tertiary/aromatic N) is 1. The molecule has 0 fully saturated rings. The van der Waals surface area contributed by atoms with Gasteiger partial charge < -0.3 is 19.3 Å². The van der Waals surface area contributed by atoms with Crippen molar-refractivity contribution in [3.8, 4) is 17.2 Å². The molecule has 0 aliphatic rings. The van der Waals surface area contributed by atoms with E-state index >= 15 is 0 Å². The Morgan fingerprint density at radius 3 is 1.83 bits per heavy atom. The van der Waals surface area contributed by atoms with Gasteiger partial charge in [0.2, 0.25) is 0 Å². The van der Waals surface area contributed by atoms with E-state index in [1.807, 2.05) is 91.0 Å². The van der Waals surface area contributed by atoms with E-state index in [9.17, 15) is 4.79 Å². The van der Waals surface area contributed by atoms with E-state index < -0.39 is 12.6 Å². The predicted molar refractivity (Wildman–Crippen MR) is 134 cm³/mol. The summed E-state index contributed by atoms with van der Waals surface area (Å²) in [5, 5.41) is 8.71. The van der Waals surface area contributed by atoms with E-state index in [2.05, 4.69) is 4.98 Å². The molecule has 0 spiro atoms. The van der Waals surface area contributed by atoms with Gasteiger partial charge in [0, 0.05) is 6.07 Å². The number of carboxylic acids is 1. The Kier molecular flexibility index (Phi) is 8.11. The van der Waals surface area contributed by atoms with E-state index in [1.165, 1.54) is 6.20 Å². The third-order valence-corrected chi connectivity index (χ3v) is 4.97. The number of aliphatic carboxylic acids is 1. The molecular formula is C29H25NO5. The largest absolute Gasteiger partial charge is 0.489 e. The molecule has 3 aromatic carbocycles. The van der Waals surface area contributed by atoms with Crippen LogP contribution < -0.4 is 14.2 Å². The first-order valence-corrected chi connectivity index (χ1v) is 11.1. The summed E-state index contributed by atoms with van der Waals surface area (Å²) in [5.74, 6) is 0.764. The van der Waals surface area contributed by atoms with Gasteiger partial charge in [0.05, 0.1) is 11.9 Å². The summed E-state index contributed by atoms with van der Waals surface area (Å²) in [4.78, 5) is 14.9. The van der Waals surface area contributed by atoms with Gasteiger partial charge in [-0.15, -0.1) is 0 Å². The predicted octanol–water partition coefficient (Wildman–Crippen LogP) is 5.87. The van der Waals surface area contributed by atoms with E-state index in [0.717, 1.165) is 16.7 Å². The van der Waals surface area contributed by atoms with Crippen LogP contribution in [0.15, 0.2) is 97.2 Å². The van der Waals surface area contributed by atoms with Gasteiger partial charge in [0.15, 0.2) is 6.61 Å². The first kappa shape index (κ1) is 23.6. The lowest BCUT2D eigenvalue weighted by atomic mass is 10.1. The first-order valence-electron chi connectivity index (χ1n) is 11.1. The number of hydrogen-bond acceptors (Lipinski definition) is 5. The SMILES string of the molecule is O=C(O)COc1ccc(C=Cc2cc(OCc3ccccc3)cc(OCc3ccccc3)c2)nc1. The molecule has 35 heavy (non-hydrogen) atoms. The number of carboxylic acid groups (broad SMARTS) is 1. The Balaban J connectivity index is 1.49. The van der Waals surface area contributed by atoms with Crippen molar-refractivity contribution in [1.82, 2.24) is 4.98 Å². The number of benzene rings is 3. The molecule has 0 amide bonds. The van der Waals surface area contributed by atoms with Gasteiger partial charge >= 0.3 is 5.97 Å². The smallest absolute Gasteiger partial charge is 0.341 e. The fraction of sp³-hybridized carbons (Fsp3) is 0.103. The fourth-order valence-corrected chi connectivity index (χ4v) is 3.24. The van der Waals surface area contributed by atoms with Gasteiger partial charge in [-0.2, -0.15) is 0 Å². The highest BCUT2D eigenvalue weighted by atomic mass is 16.5. The fourth-order valence-electron chi connectivity index (χ4n) is 3.24. The van der Waals surface area contributed by atoms with Crippen molar-refractivity contribution < 1.29 is 24.1 Å². The van der Waals surface area contributed by atoms with E-state index in [4.69, 9.17) is 19.3 Å². The van der Waals surface area contributed by atoms with Crippen molar-refractivity contribution >= 4 is 18.1 Å². The van der Waals surface area contributed by atoms with Gasteiger partial charge in [-0.05, 0) is 47.0 Å². The molecule has 0 unspecified atom stereocenters. The Morgan fingerprint density at radius 2 is 1.31 bits per heavy atom. The summed E-state index contributed by atoms with van der Waals surface area (Å²) in [6, 6.07) is 29.2. The van der Waals surface area contributed by atoms with Crippen LogP contribution in [0.1, 0.15) is 22.4 Å². The summed E-state index contributed by atoms with van der Waals surface area (Å²) >= 11 is 0. The molecule has 4 rings (SSSR count). The molecule has 0 saturated carbocycles. The van der Waals surface area contributed by atoms with Crippen molar-refractivity contribution in [2.75, 3.05) is 6.61 Å². The third-order valence-electron chi connectivity index (χ3n) is 4.97. The molecule has 4 aromatic rings. The second kappa shape index (κ2) is 12.0. The summed E-state index contributed by atoms with van der Waals surface area (Å²) < 4.78 is 17.2. The van der Waals surface area contributed by atoms with Crippen molar-refractivity contribution in [3.05, 3.63) is 120 Å². The van der Waals surface area contributed by atoms with E-state index in [1.54, 1.807) is 12.1 Å². The summed E-state index contributed by atoms with van der Waals surface area (Å²) in [7, 11) is 0. The van der Waals surface area contributed by atoms with Crippen LogP contribution in [-0.2, 0) is 18.0 Å². The van der Waals surface area contributed by atoms with Gasteiger partial charge in [0.25, 0.3) is 0 Å². The van der Waals surface area contributed by atoms with Crippen LogP contribution in [0, 0.1) is 0 Å². The molecule has 1 aromatic heterocycles. The molecule has 6 heteroatoms. The highest BCUT2D eigenvalue weighted by Crippen LogP contribution is 2.26. The van der Waals surface area contributed by atoms with E-state index in [-0.39, 0.29) is 0 Å². The molecule has 0 radical (unpaired) electrons. The average molecular weight is 468 g/mol. The molecule has 0 saturated heterocycles. The minimum atomic E-state index is -1.03. The molecule has 0 aliphatic carbocycles. The summed E-state index contributed by atoms with van der Waals surface area (Å²) in [6.45, 7) is 0.495. The van der Waals surface area contributed by atoms with Gasteiger partial charge in [-0.1, -0.05) is 66.7 Å². The number of carbonyl (C=O) groups is 1. The van der Waals surface area contributed by atoms with Crippen LogP contribution >= 0.6 is 0 Å². The van der Waals surface area contributed by atoms with Crippen molar-refractivity contribution in [2.24, 2.45) is 0 Å². The minimum absolute atomic E-state index is 0.400. The van der Waals surface area contributed by atoms with Crippen molar-refractivity contribution in [2.45, 2.75) is 13.2 Å². The lowest BCUT2D eigenvalue weighted by Crippen LogP contribution is -2.09. The first-order chi connectivity index (χ1) is 17.1. The number of aromatic nitrogens is 1. The van der Waals surface area contributed by atoms with Crippen molar-refractivity contribution in [1.29, 1.82) is 0 Å². The lowest BCUT2D eigenvalue weighted by molar-refractivity contribution is -0.139. The highest BCUT2D eigenvalue weighted by Gasteiger charge is 2.05. The normalized spacial score (nSPS) is 10.7. The second-order valence-electron chi connectivity index (χ2n) is 7.72. The Hall–Kier alpha value is -4.58. The standard InChI is InChI=1S/C29H25NO5/c31-29(32)21-35-26-14-13-25(30-18-26)12-11-24-15-27(33-19-22-7-3-1-4-8-22)17-28(16-24)34-20-23-9-5-2-6-10-23/h1-18H,19-21H2,(H,31,32). The Labute approximate surface area is 204 Å². The van der Waals surface area contributed by atoms with Crippen LogP contribution in [-0.4, -0.2) is 22.7 Å². The zero-order valence-electron chi connectivity index (χ0n) is 19.0. The average Bonchev–Trinajstić information content (AvgIpc) is 2.90. The van der Waals surface area contributed by atoms with Crippen LogP contribution in [0.25, 0.3) is 12.2 Å². The van der Waals surface area contributed by atoms with E-state index in [0.29, 0.717) is 36.2 Å². The monoisotopic (exact) mass is 467 g/mol. The molecule has 1 heterocycles.